The van der Waals surface area contributed by atoms with Gasteiger partial charge < -0.3 is 0 Å². The van der Waals surface area contributed by atoms with E-state index < -0.39 is 10.0 Å². The van der Waals surface area contributed by atoms with Crippen LogP contribution in [0.1, 0.15) is 12.5 Å². The molecule has 0 aliphatic rings. The van der Waals surface area contributed by atoms with Crippen LogP contribution in [-0.2, 0) is 10.0 Å². The Kier molecular flexibility index (Phi) is 4.52. The molecule has 0 saturated heterocycles. The highest BCUT2D eigenvalue weighted by atomic mass is 79.9. The summed E-state index contributed by atoms with van der Waals surface area (Å²) in [6.45, 7) is 4.25. The van der Waals surface area contributed by atoms with Crippen molar-refractivity contribution in [3.8, 4) is 0 Å². The molecule has 0 bridgehead atoms. The van der Waals surface area contributed by atoms with Crippen LogP contribution in [0.15, 0.2) is 29.2 Å². The van der Waals surface area contributed by atoms with Crippen LogP contribution in [0.5, 0.6) is 0 Å². The number of aryl methyl sites for hydroxylation is 1. The van der Waals surface area contributed by atoms with Gasteiger partial charge in [0, 0.05) is 18.4 Å². The van der Waals surface area contributed by atoms with Gasteiger partial charge in [-0.25, -0.2) is 8.42 Å². The van der Waals surface area contributed by atoms with E-state index in [1.165, 1.54) is 4.31 Å². The average molecular weight is 306 g/mol. The fraction of sp³-hybridized carbons (Fsp3) is 0.455. The van der Waals surface area contributed by atoms with E-state index in [-0.39, 0.29) is 4.83 Å². The highest BCUT2D eigenvalue weighted by Gasteiger charge is 2.21. The van der Waals surface area contributed by atoms with Crippen LogP contribution in [0.4, 0.5) is 0 Å². The molecule has 1 unspecified atom stereocenters. The summed E-state index contributed by atoms with van der Waals surface area (Å²) in [5.41, 5.74) is 0.946. The van der Waals surface area contributed by atoms with E-state index in [1.54, 1.807) is 25.2 Å². The summed E-state index contributed by atoms with van der Waals surface area (Å²) in [4.78, 5) is 0.486. The second-order valence-electron chi connectivity index (χ2n) is 3.88. The molecule has 0 aliphatic carbocycles. The van der Waals surface area contributed by atoms with Gasteiger partial charge in [0.25, 0.3) is 0 Å². The van der Waals surface area contributed by atoms with Crippen LogP contribution < -0.4 is 0 Å². The minimum Gasteiger partial charge on any atom is -0.207 e. The van der Waals surface area contributed by atoms with E-state index in [2.05, 4.69) is 15.9 Å². The third-order valence-electron chi connectivity index (χ3n) is 2.21. The molecule has 1 rings (SSSR count). The molecule has 1 aromatic carbocycles. The number of hydrogen-bond acceptors (Lipinski definition) is 2. The zero-order valence-electron chi connectivity index (χ0n) is 9.64. The summed E-state index contributed by atoms with van der Waals surface area (Å²) in [6, 6.07) is 6.95. The molecule has 0 aromatic heterocycles. The van der Waals surface area contributed by atoms with Crippen molar-refractivity contribution in [2.75, 3.05) is 13.6 Å². The van der Waals surface area contributed by atoms with E-state index in [9.17, 15) is 8.42 Å². The SMILES string of the molecule is Cc1cccc(S(=O)(=O)N(C)CC(C)Br)c1. The van der Waals surface area contributed by atoms with Crippen molar-refractivity contribution in [2.24, 2.45) is 0 Å². The fourth-order valence-electron chi connectivity index (χ4n) is 1.41. The molecule has 1 aromatic rings. The van der Waals surface area contributed by atoms with Gasteiger partial charge in [0.2, 0.25) is 10.0 Å². The number of rotatable bonds is 4. The Labute approximate surface area is 106 Å². The lowest BCUT2D eigenvalue weighted by atomic mass is 10.2. The second-order valence-corrected chi connectivity index (χ2v) is 7.49. The topological polar surface area (TPSA) is 37.4 Å². The Morgan fingerprint density at radius 1 is 1.44 bits per heavy atom. The lowest BCUT2D eigenvalue weighted by Gasteiger charge is -2.18. The molecule has 0 radical (unpaired) electrons. The van der Waals surface area contributed by atoms with E-state index in [0.29, 0.717) is 11.4 Å². The molecular weight excluding hydrogens is 290 g/mol. The lowest BCUT2D eigenvalue weighted by molar-refractivity contribution is 0.473. The predicted octanol–water partition coefficient (Wildman–Crippen LogP) is 2.40. The van der Waals surface area contributed by atoms with Gasteiger partial charge in [-0.15, -0.1) is 0 Å². The van der Waals surface area contributed by atoms with Crippen LogP contribution in [0.3, 0.4) is 0 Å². The Morgan fingerprint density at radius 3 is 2.56 bits per heavy atom. The van der Waals surface area contributed by atoms with Gasteiger partial charge in [-0.1, -0.05) is 35.0 Å². The molecule has 0 heterocycles. The zero-order chi connectivity index (χ0) is 12.3. The summed E-state index contributed by atoms with van der Waals surface area (Å²) in [6.07, 6.45) is 0. The number of benzene rings is 1. The molecular formula is C11H16BrNO2S. The number of halogens is 1. The average Bonchev–Trinajstić information content (AvgIpc) is 2.16. The Hall–Kier alpha value is -0.390. The highest BCUT2D eigenvalue weighted by Crippen LogP contribution is 2.16. The first kappa shape index (κ1) is 13.7. The monoisotopic (exact) mass is 305 g/mol. The first-order chi connectivity index (χ1) is 7.34. The van der Waals surface area contributed by atoms with Crippen molar-refractivity contribution in [2.45, 2.75) is 23.6 Å². The molecule has 0 fully saturated rings. The lowest BCUT2D eigenvalue weighted by Crippen LogP contribution is -2.31. The number of sulfonamides is 1. The molecule has 0 saturated carbocycles. The van der Waals surface area contributed by atoms with E-state index >= 15 is 0 Å². The molecule has 90 valence electrons. The molecule has 0 N–H and O–H groups in total. The second kappa shape index (κ2) is 5.29. The van der Waals surface area contributed by atoms with Crippen molar-refractivity contribution < 1.29 is 8.42 Å². The van der Waals surface area contributed by atoms with E-state index in [4.69, 9.17) is 0 Å². The zero-order valence-corrected chi connectivity index (χ0v) is 12.0. The summed E-state index contributed by atoms with van der Waals surface area (Å²) in [5.74, 6) is 0. The van der Waals surface area contributed by atoms with Crippen molar-refractivity contribution in [1.82, 2.24) is 4.31 Å². The normalized spacial score (nSPS) is 14.1. The summed E-state index contributed by atoms with van der Waals surface area (Å²) in [7, 11) is -1.76. The Morgan fingerprint density at radius 2 is 2.06 bits per heavy atom. The van der Waals surface area contributed by atoms with Crippen LogP contribution in [-0.4, -0.2) is 31.1 Å². The molecule has 5 heteroatoms. The van der Waals surface area contributed by atoms with Crippen LogP contribution >= 0.6 is 15.9 Å². The van der Waals surface area contributed by atoms with Gasteiger partial charge in [0.1, 0.15) is 0 Å². The number of nitrogens with zero attached hydrogens (tertiary/aromatic N) is 1. The van der Waals surface area contributed by atoms with Crippen LogP contribution in [0.2, 0.25) is 0 Å². The highest BCUT2D eigenvalue weighted by molar-refractivity contribution is 9.09. The van der Waals surface area contributed by atoms with Crippen LogP contribution in [0, 0.1) is 6.92 Å². The fourth-order valence-corrected chi connectivity index (χ4v) is 3.40. The van der Waals surface area contributed by atoms with Gasteiger partial charge in [0.15, 0.2) is 0 Å². The minimum absolute atomic E-state index is 0.136. The maximum Gasteiger partial charge on any atom is 0.242 e. The Balaban J connectivity index is 3.02. The third kappa shape index (κ3) is 3.30. The van der Waals surface area contributed by atoms with Gasteiger partial charge in [0.05, 0.1) is 4.90 Å². The van der Waals surface area contributed by atoms with Crippen molar-refractivity contribution in [3.05, 3.63) is 29.8 Å². The van der Waals surface area contributed by atoms with E-state index in [1.807, 2.05) is 19.9 Å². The summed E-state index contributed by atoms with van der Waals surface area (Å²) >= 11 is 3.35. The molecule has 0 amide bonds. The maximum atomic E-state index is 12.1. The number of alkyl halides is 1. The van der Waals surface area contributed by atoms with Crippen molar-refractivity contribution >= 4 is 26.0 Å². The van der Waals surface area contributed by atoms with Crippen molar-refractivity contribution in [1.29, 1.82) is 0 Å². The van der Waals surface area contributed by atoms with Crippen molar-refractivity contribution in [3.63, 3.8) is 0 Å². The molecule has 3 nitrogen and oxygen atoms in total. The molecule has 1 atom stereocenters. The first-order valence-corrected chi connectivity index (χ1v) is 7.36. The molecule has 0 aliphatic heterocycles. The molecule has 0 spiro atoms. The predicted molar refractivity (Wildman–Crippen MR) is 69.4 cm³/mol. The smallest absolute Gasteiger partial charge is 0.207 e. The summed E-state index contributed by atoms with van der Waals surface area (Å²) in [5, 5.41) is 0. The standard InChI is InChI=1S/C11H16BrNO2S/c1-9-5-4-6-11(7-9)16(14,15)13(3)8-10(2)12/h4-7,10H,8H2,1-3H3. The van der Waals surface area contributed by atoms with Crippen LogP contribution in [0.25, 0.3) is 0 Å². The summed E-state index contributed by atoms with van der Waals surface area (Å²) < 4.78 is 25.6. The minimum atomic E-state index is -3.35. The Bertz CT molecular complexity index is 457. The maximum absolute atomic E-state index is 12.1. The first-order valence-electron chi connectivity index (χ1n) is 5.01. The molecule has 16 heavy (non-hydrogen) atoms. The quantitative estimate of drug-likeness (QED) is 0.801. The third-order valence-corrected chi connectivity index (χ3v) is 4.32. The van der Waals surface area contributed by atoms with Gasteiger partial charge in [-0.3, -0.25) is 0 Å². The van der Waals surface area contributed by atoms with Gasteiger partial charge >= 0.3 is 0 Å². The van der Waals surface area contributed by atoms with Gasteiger partial charge in [-0.2, -0.15) is 4.31 Å². The number of hydrogen-bond donors (Lipinski definition) is 0. The van der Waals surface area contributed by atoms with Gasteiger partial charge in [-0.05, 0) is 24.6 Å². The largest absolute Gasteiger partial charge is 0.242 e. The van der Waals surface area contributed by atoms with E-state index in [0.717, 1.165) is 5.56 Å².